The number of carbonyl (C=O) groups is 1. The predicted molar refractivity (Wildman–Crippen MR) is 229 cm³/mol. The van der Waals surface area contributed by atoms with Gasteiger partial charge in [-0.25, -0.2) is 9.97 Å². The van der Waals surface area contributed by atoms with Gasteiger partial charge in [-0.3, -0.25) is 14.8 Å². The van der Waals surface area contributed by atoms with Crippen molar-refractivity contribution in [2.24, 2.45) is 0 Å². The summed E-state index contributed by atoms with van der Waals surface area (Å²) in [5.41, 5.74) is 5.55. The zero-order valence-electron chi connectivity index (χ0n) is 32.4. The first-order valence-electron chi connectivity index (χ1n) is 20.4. The molecule has 2 saturated heterocycles. The fraction of sp³-hybridized carbons (Fsp3) is 0.475. The van der Waals surface area contributed by atoms with Gasteiger partial charge in [0.05, 0.1) is 45.8 Å². The monoisotopic (exact) mass is 820 g/mol. The summed E-state index contributed by atoms with van der Waals surface area (Å²) in [5, 5.41) is 40.2. The Hall–Kier alpha value is -5.17. The van der Waals surface area contributed by atoms with Crippen molar-refractivity contribution in [3.8, 4) is 0 Å². The van der Waals surface area contributed by atoms with Crippen molar-refractivity contribution in [3.63, 3.8) is 0 Å². The number of pyridine rings is 4. The molecular weight excluding hydrogens is 773 g/mol. The molecule has 2 aliphatic carbocycles. The van der Waals surface area contributed by atoms with Gasteiger partial charge in [0, 0.05) is 64.2 Å². The molecule has 302 valence electrons. The lowest BCUT2D eigenvalue weighted by atomic mass is 10.1. The average Bonchev–Trinajstić information content (AvgIpc) is 4.13. The first-order chi connectivity index (χ1) is 28.5. The molecule has 2 saturated carbocycles. The van der Waals surface area contributed by atoms with Crippen molar-refractivity contribution in [1.82, 2.24) is 50.5 Å². The molecule has 8 heterocycles. The molecule has 2 aliphatic heterocycles. The van der Waals surface area contributed by atoms with Crippen LogP contribution in [0.5, 0.6) is 0 Å². The van der Waals surface area contributed by atoms with Gasteiger partial charge in [0.25, 0.3) is 0 Å². The number of aromatic nitrogens is 8. The van der Waals surface area contributed by atoms with E-state index in [-0.39, 0.29) is 5.91 Å². The molecule has 4 N–H and O–H groups in total. The molecule has 0 bridgehead atoms. The third-order valence-corrected chi connectivity index (χ3v) is 13.4. The Balaban J connectivity index is 0.000000152. The fourth-order valence-corrected chi connectivity index (χ4v) is 10.0. The van der Waals surface area contributed by atoms with Gasteiger partial charge in [-0.2, -0.15) is 0 Å². The number of hydrogen-bond donors (Lipinski definition) is 4. The zero-order valence-corrected chi connectivity index (χ0v) is 34.0. The van der Waals surface area contributed by atoms with E-state index < -0.39 is 6.61 Å². The second-order valence-corrected chi connectivity index (χ2v) is 17.2. The van der Waals surface area contributed by atoms with E-state index >= 15 is 0 Å². The van der Waals surface area contributed by atoms with Crippen LogP contribution in [0.1, 0.15) is 73.2 Å². The normalized spacial score (nSPS) is 17.8. The molecule has 6 aromatic heterocycles. The molecule has 4 aliphatic rings. The second-order valence-electron chi connectivity index (χ2n) is 15.2. The number of fused-ring (bicyclic) bond motifs is 2. The van der Waals surface area contributed by atoms with Crippen LogP contribution in [-0.2, 0) is 4.79 Å². The molecule has 16 nitrogen and oxygen atoms in total. The van der Waals surface area contributed by atoms with Gasteiger partial charge in [-0.05, 0) is 62.1 Å². The van der Waals surface area contributed by atoms with Crippen LogP contribution in [-0.4, -0.2) is 115 Å². The van der Waals surface area contributed by atoms with Crippen LogP contribution < -0.4 is 25.8 Å². The van der Waals surface area contributed by atoms with Crippen molar-refractivity contribution in [1.29, 1.82) is 0 Å². The number of aliphatic hydroxyl groups excluding tert-OH is 1. The maximum atomic E-state index is 11.7. The number of anilines is 6. The first kappa shape index (κ1) is 38.4. The number of nitrogens with zero attached hydrogens (tertiary/aromatic N) is 11. The lowest BCUT2D eigenvalue weighted by Gasteiger charge is -2.35. The number of nitrogens with one attached hydrogen (secondary N) is 3. The SMILES string of the molecule is O=C(CO)N1CCN(c2cnc3ccc(Nc4nnc(C5CCCC5)s4)nc3c2)CC1.c1nc2ccc(Nc3nnc(C4CCCC4)s3)nc2cc1N1CCNCC1. The Morgan fingerprint density at radius 2 is 1.14 bits per heavy atom. The van der Waals surface area contributed by atoms with Crippen LogP contribution in [0.15, 0.2) is 48.8 Å². The largest absolute Gasteiger partial charge is 0.387 e. The van der Waals surface area contributed by atoms with Crippen LogP contribution >= 0.6 is 22.7 Å². The Bertz CT molecular complexity index is 2330. The summed E-state index contributed by atoms with van der Waals surface area (Å²) < 4.78 is 0. The molecule has 10 rings (SSSR count). The summed E-state index contributed by atoms with van der Waals surface area (Å²) in [6, 6.07) is 12.0. The van der Waals surface area contributed by atoms with E-state index in [1.54, 1.807) is 27.6 Å². The number of amides is 1. The number of aliphatic hydroxyl groups is 1. The van der Waals surface area contributed by atoms with E-state index in [0.717, 1.165) is 91.5 Å². The Labute approximate surface area is 344 Å². The molecule has 0 atom stereocenters. The Morgan fingerprint density at radius 1 is 0.655 bits per heavy atom. The summed E-state index contributed by atoms with van der Waals surface area (Å²) >= 11 is 3.27. The van der Waals surface area contributed by atoms with Crippen molar-refractivity contribution in [3.05, 3.63) is 58.8 Å². The van der Waals surface area contributed by atoms with Crippen LogP contribution in [0.3, 0.4) is 0 Å². The highest BCUT2D eigenvalue weighted by molar-refractivity contribution is 7.15. The maximum absolute atomic E-state index is 11.7. The number of piperazine rings is 2. The third-order valence-electron chi connectivity index (χ3n) is 11.4. The Morgan fingerprint density at radius 3 is 1.62 bits per heavy atom. The number of rotatable bonds is 9. The lowest BCUT2D eigenvalue weighted by Crippen LogP contribution is -2.49. The van der Waals surface area contributed by atoms with Crippen molar-refractivity contribution in [2.75, 3.05) is 79.4 Å². The molecule has 0 spiro atoms. The van der Waals surface area contributed by atoms with E-state index in [9.17, 15) is 4.79 Å². The van der Waals surface area contributed by atoms with Gasteiger partial charge in [0.15, 0.2) is 0 Å². The second kappa shape index (κ2) is 17.8. The molecule has 18 heteroatoms. The van der Waals surface area contributed by atoms with Crippen molar-refractivity contribution < 1.29 is 9.90 Å². The molecule has 58 heavy (non-hydrogen) atoms. The minimum Gasteiger partial charge on any atom is -0.387 e. The van der Waals surface area contributed by atoms with Gasteiger partial charge in [-0.15, -0.1) is 20.4 Å². The first-order valence-corrected chi connectivity index (χ1v) is 22.0. The summed E-state index contributed by atoms with van der Waals surface area (Å²) in [4.78, 5) is 36.5. The van der Waals surface area contributed by atoms with Crippen LogP contribution in [0.25, 0.3) is 22.1 Å². The van der Waals surface area contributed by atoms with E-state index in [1.165, 1.54) is 51.4 Å². The van der Waals surface area contributed by atoms with E-state index in [0.29, 0.717) is 38.0 Å². The lowest BCUT2D eigenvalue weighted by molar-refractivity contribution is -0.134. The molecule has 0 aromatic carbocycles. The van der Waals surface area contributed by atoms with E-state index in [2.05, 4.69) is 62.2 Å². The Kier molecular flexibility index (Phi) is 11.7. The average molecular weight is 821 g/mol. The summed E-state index contributed by atoms with van der Waals surface area (Å²) in [6.07, 6.45) is 13.9. The van der Waals surface area contributed by atoms with E-state index in [4.69, 9.17) is 15.1 Å². The summed E-state index contributed by atoms with van der Waals surface area (Å²) in [7, 11) is 0. The van der Waals surface area contributed by atoms with Gasteiger partial charge < -0.3 is 35.8 Å². The molecule has 6 aromatic rings. The predicted octanol–water partition coefficient (Wildman–Crippen LogP) is 5.82. The third kappa shape index (κ3) is 8.94. The van der Waals surface area contributed by atoms with Gasteiger partial charge in [0.1, 0.15) is 28.3 Å². The van der Waals surface area contributed by atoms with Crippen LogP contribution in [0.2, 0.25) is 0 Å². The highest BCUT2D eigenvalue weighted by Crippen LogP contribution is 2.38. The molecule has 0 unspecified atom stereocenters. The smallest absolute Gasteiger partial charge is 0.248 e. The van der Waals surface area contributed by atoms with Gasteiger partial charge in [-0.1, -0.05) is 48.4 Å². The van der Waals surface area contributed by atoms with Crippen LogP contribution in [0.4, 0.5) is 33.3 Å². The number of carbonyl (C=O) groups excluding carboxylic acids is 1. The standard InChI is InChI=1S/C21H25N7O2S.C19H23N7S/c29-13-19(30)28-9-7-27(8-10-28)15-11-17-16(22-12-15)5-6-18(23-17)24-21-26-25-20(31-21)14-3-1-2-4-14;1-2-4-13(3-1)18-24-25-19(27-18)23-17-6-5-15-16(22-17)11-14(12-21-15)26-9-7-20-8-10-26/h5-6,11-12,14,29H,1-4,7-10,13H2,(H,23,24,26);5-6,11-13,20H,1-4,7-10H2,(H,22,23,25). The topological polar surface area (TPSA) is 186 Å². The summed E-state index contributed by atoms with van der Waals surface area (Å²) in [6.45, 7) is 6.16. The van der Waals surface area contributed by atoms with Gasteiger partial charge >= 0.3 is 0 Å². The van der Waals surface area contributed by atoms with E-state index in [1.807, 2.05) is 42.7 Å². The zero-order chi connectivity index (χ0) is 39.3. The fourth-order valence-electron chi connectivity index (χ4n) is 8.18. The van der Waals surface area contributed by atoms with Crippen LogP contribution in [0, 0.1) is 0 Å². The minimum atomic E-state index is -0.437. The molecule has 0 radical (unpaired) electrons. The van der Waals surface area contributed by atoms with Crippen molar-refractivity contribution >= 4 is 83.9 Å². The maximum Gasteiger partial charge on any atom is 0.248 e. The minimum absolute atomic E-state index is 0.221. The quantitative estimate of drug-likeness (QED) is 0.137. The van der Waals surface area contributed by atoms with Crippen molar-refractivity contribution in [2.45, 2.75) is 63.2 Å². The highest BCUT2D eigenvalue weighted by atomic mass is 32.1. The molecule has 4 fully saturated rings. The van der Waals surface area contributed by atoms with Gasteiger partial charge in [0.2, 0.25) is 16.2 Å². The summed E-state index contributed by atoms with van der Waals surface area (Å²) in [5.74, 6) is 2.43. The molecular formula is C40H48N14O2S2. The number of hydrogen-bond acceptors (Lipinski definition) is 17. The highest BCUT2D eigenvalue weighted by Gasteiger charge is 2.24. The molecule has 1 amide bonds.